The summed E-state index contributed by atoms with van der Waals surface area (Å²) in [4.78, 5) is 0. The van der Waals surface area contributed by atoms with Gasteiger partial charge < -0.3 is 15.3 Å². The Morgan fingerprint density at radius 1 is 1.11 bits per heavy atom. The summed E-state index contributed by atoms with van der Waals surface area (Å²) in [6, 6.07) is 0. The Kier molecular flexibility index (Phi) is 4.98. The first-order valence-electron chi connectivity index (χ1n) is 6.91. The third-order valence-corrected chi connectivity index (χ3v) is 4.24. The molecule has 18 heavy (non-hydrogen) atoms. The predicted molar refractivity (Wildman–Crippen MR) is 73.3 cm³/mol. The zero-order chi connectivity index (χ0) is 14.0. The number of aliphatic hydroxyl groups excluding tert-OH is 2. The van der Waals surface area contributed by atoms with Crippen LogP contribution in [-0.2, 0) is 0 Å². The smallest absolute Gasteiger partial charge is 0.0775 e. The summed E-state index contributed by atoms with van der Waals surface area (Å²) < 4.78 is 0. The molecule has 0 saturated heterocycles. The molecule has 3 N–H and O–H groups in total. The van der Waals surface area contributed by atoms with Gasteiger partial charge in [0, 0.05) is 0 Å². The van der Waals surface area contributed by atoms with Crippen molar-refractivity contribution in [3.05, 3.63) is 11.6 Å². The van der Waals surface area contributed by atoms with Crippen LogP contribution in [0.5, 0.6) is 0 Å². The lowest BCUT2D eigenvalue weighted by Gasteiger charge is -2.30. The Labute approximate surface area is 111 Å². The fraction of sp³-hybridized carbons (Fsp3) is 0.867. The SMILES string of the molecule is C/C1=C/C(O)C(C)(C)CCCC(C)(O)CCC1O. The number of aliphatic hydroxyl groups is 3. The van der Waals surface area contributed by atoms with E-state index in [0.29, 0.717) is 12.8 Å². The molecule has 0 saturated carbocycles. The van der Waals surface area contributed by atoms with E-state index in [4.69, 9.17) is 0 Å². The van der Waals surface area contributed by atoms with E-state index in [1.54, 1.807) is 6.08 Å². The highest BCUT2D eigenvalue weighted by atomic mass is 16.3. The normalized spacial score (nSPS) is 41.6. The average molecular weight is 256 g/mol. The molecule has 0 aromatic rings. The Morgan fingerprint density at radius 2 is 1.72 bits per heavy atom. The Morgan fingerprint density at radius 3 is 2.33 bits per heavy atom. The van der Waals surface area contributed by atoms with E-state index in [1.165, 1.54) is 0 Å². The molecule has 0 bridgehead atoms. The van der Waals surface area contributed by atoms with Crippen molar-refractivity contribution in [3.8, 4) is 0 Å². The molecule has 3 heteroatoms. The third-order valence-electron chi connectivity index (χ3n) is 4.24. The highest BCUT2D eigenvalue weighted by Gasteiger charge is 2.30. The lowest BCUT2D eigenvalue weighted by Crippen LogP contribution is -2.29. The topological polar surface area (TPSA) is 60.7 Å². The summed E-state index contributed by atoms with van der Waals surface area (Å²) in [5.74, 6) is 0. The molecule has 3 nitrogen and oxygen atoms in total. The molecule has 3 unspecified atom stereocenters. The second-order valence-electron chi connectivity index (χ2n) is 6.75. The van der Waals surface area contributed by atoms with Crippen molar-refractivity contribution in [1.82, 2.24) is 0 Å². The van der Waals surface area contributed by atoms with Crippen molar-refractivity contribution >= 4 is 0 Å². The van der Waals surface area contributed by atoms with Crippen LogP contribution in [0.25, 0.3) is 0 Å². The maximum atomic E-state index is 10.2. The van der Waals surface area contributed by atoms with E-state index in [1.807, 2.05) is 27.7 Å². The fourth-order valence-corrected chi connectivity index (χ4v) is 2.46. The molecule has 0 aliphatic heterocycles. The van der Waals surface area contributed by atoms with Crippen LogP contribution in [0.2, 0.25) is 0 Å². The lowest BCUT2D eigenvalue weighted by molar-refractivity contribution is 0.0212. The van der Waals surface area contributed by atoms with Gasteiger partial charge in [-0.05, 0) is 56.9 Å². The second kappa shape index (κ2) is 5.72. The summed E-state index contributed by atoms with van der Waals surface area (Å²) >= 11 is 0. The van der Waals surface area contributed by atoms with Crippen LogP contribution >= 0.6 is 0 Å². The van der Waals surface area contributed by atoms with Crippen LogP contribution in [0.4, 0.5) is 0 Å². The molecular formula is C15H28O3. The zero-order valence-corrected chi connectivity index (χ0v) is 12.1. The van der Waals surface area contributed by atoms with E-state index in [9.17, 15) is 15.3 Å². The van der Waals surface area contributed by atoms with E-state index >= 15 is 0 Å². The quantitative estimate of drug-likeness (QED) is 0.583. The number of hydrogen-bond acceptors (Lipinski definition) is 3. The van der Waals surface area contributed by atoms with Crippen LogP contribution < -0.4 is 0 Å². The Balaban J connectivity index is 2.90. The van der Waals surface area contributed by atoms with Gasteiger partial charge in [-0.15, -0.1) is 0 Å². The molecule has 0 heterocycles. The van der Waals surface area contributed by atoms with Gasteiger partial charge in [0.25, 0.3) is 0 Å². The van der Waals surface area contributed by atoms with Gasteiger partial charge in [0.05, 0.1) is 17.8 Å². The van der Waals surface area contributed by atoms with E-state index < -0.39 is 17.8 Å². The molecular weight excluding hydrogens is 228 g/mol. The molecule has 106 valence electrons. The molecule has 0 aromatic carbocycles. The minimum atomic E-state index is -0.716. The van der Waals surface area contributed by atoms with Crippen molar-refractivity contribution in [1.29, 1.82) is 0 Å². The van der Waals surface area contributed by atoms with Crippen molar-refractivity contribution in [2.45, 2.75) is 77.6 Å². The Bertz CT molecular complexity index is 305. The molecule has 0 amide bonds. The maximum absolute atomic E-state index is 10.2. The van der Waals surface area contributed by atoms with Crippen LogP contribution in [-0.4, -0.2) is 33.1 Å². The molecule has 0 spiro atoms. The van der Waals surface area contributed by atoms with E-state index in [0.717, 1.165) is 24.8 Å². The highest BCUT2D eigenvalue weighted by Crippen LogP contribution is 2.33. The van der Waals surface area contributed by atoms with Gasteiger partial charge in [-0.1, -0.05) is 19.9 Å². The molecule has 3 atom stereocenters. The van der Waals surface area contributed by atoms with Crippen molar-refractivity contribution in [2.75, 3.05) is 0 Å². The molecule has 0 aromatic heterocycles. The van der Waals surface area contributed by atoms with Gasteiger partial charge >= 0.3 is 0 Å². The first kappa shape index (κ1) is 15.7. The van der Waals surface area contributed by atoms with Crippen molar-refractivity contribution in [3.63, 3.8) is 0 Å². The largest absolute Gasteiger partial charge is 0.390 e. The standard InChI is InChI=1S/C15H28O3/c1-11-10-13(17)14(2,3)7-5-8-15(4,18)9-6-12(11)16/h10,12-13,16-18H,5-9H2,1-4H3/b11-10-. The van der Waals surface area contributed by atoms with Crippen LogP contribution in [0.3, 0.4) is 0 Å². The van der Waals surface area contributed by atoms with Crippen molar-refractivity contribution in [2.24, 2.45) is 5.41 Å². The lowest BCUT2D eigenvalue weighted by atomic mass is 9.80. The van der Waals surface area contributed by atoms with E-state index in [2.05, 4.69) is 0 Å². The fourth-order valence-electron chi connectivity index (χ4n) is 2.46. The summed E-state index contributed by atoms with van der Waals surface area (Å²) in [6.07, 6.45) is 4.26. The third kappa shape index (κ3) is 4.38. The summed E-state index contributed by atoms with van der Waals surface area (Å²) in [7, 11) is 0. The van der Waals surface area contributed by atoms with E-state index in [-0.39, 0.29) is 5.41 Å². The van der Waals surface area contributed by atoms with Gasteiger partial charge in [0.15, 0.2) is 0 Å². The second-order valence-corrected chi connectivity index (χ2v) is 6.75. The summed E-state index contributed by atoms with van der Waals surface area (Å²) in [5, 5.41) is 30.5. The molecule has 1 aliphatic carbocycles. The van der Waals surface area contributed by atoms with Gasteiger partial charge in [-0.3, -0.25) is 0 Å². The van der Waals surface area contributed by atoms with Gasteiger partial charge in [0.2, 0.25) is 0 Å². The first-order chi connectivity index (χ1) is 8.14. The van der Waals surface area contributed by atoms with Crippen LogP contribution in [0, 0.1) is 5.41 Å². The average Bonchev–Trinajstić information content (AvgIpc) is 2.24. The minimum absolute atomic E-state index is 0.221. The number of rotatable bonds is 0. The minimum Gasteiger partial charge on any atom is -0.390 e. The van der Waals surface area contributed by atoms with Crippen LogP contribution in [0.1, 0.15) is 59.8 Å². The zero-order valence-electron chi connectivity index (χ0n) is 12.1. The summed E-state index contributed by atoms with van der Waals surface area (Å²) in [6.45, 7) is 7.73. The summed E-state index contributed by atoms with van der Waals surface area (Å²) in [5.41, 5.74) is -0.137. The molecule has 0 radical (unpaired) electrons. The van der Waals surface area contributed by atoms with Gasteiger partial charge in [-0.25, -0.2) is 0 Å². The van der Waals surface area contributed by atoms with Crippen LogP contribution in [0.15, 0.2) is 11.6 Å². The maximum Gasteiger partial charge on any atom is 0.0775 e. The predicted octanol–water partition coefficient (Wildman–Crippen LogP) is 2.40. The van der Waals surface area contributed by atoms with Gasteiger partial charge in [-0.2, -0.15) is 0 Å². The number of hydrogen-bond donors (Lipinski definition) is 3. The molecule has 1 aliphatic rings. The Hall–Kier alpha value is -0.380. The highest BCUT2D eigenvalue weighted by molar-refractivity contribution is 5.10. The monoisotopic (exact) mass is 256 g/mol. The molecule has 0 fully saturated rings. The van der Waals surface area contributed by atoms with Crippen molar-refractivity contribution < 1.29 is 15.3 Å². The van der Waals surface area contributed by atoms with Gasteiger partial charge in [0.1, 0.15) is 0 Å². The first-order valence-corrected chi connectivity index (χ1v) is 6.91. The molecule has 1 rings (SSSR count).